The molecule has 7 heteroatoms. The van der Waals surface area contributed by atoms with Crippen LogP contribution in [0.2, 0.25) is 0 Å². The van der Waals surface area contributed by atoms with Crippen LogP contribution >= 0.6 is 12.4 Å². The maximum absolute atomic E-state index is 12.8. The Morgan fingerprint density at radius 3 is 2.35 bits per heavy atom. The Labute approximate surface area is 160 Å². The zero-order valence-corrected chi connectivity index (χ0v) is 15.8. The third-order valence-electron chi connectivity index (χ3n) is 5.21. The van der Waals surface area contributed by atoms with Crippen molar-refractivity contribution in [2.24, 2.45) is 11.7 Å². The van der Waals surface area contributed by atoms with Crippen molar-refractivity contribution in [3.8, 4) is 0 Å². The van der Waals surface area contributed by atoms with E-state index in [1.807, 2.05) is 17.0 Å². The molecule has 6 nitrogen and oxygen atoms in total. The number of benzene rings is 1. The van der Waals surface area contributed by atoms with Gasteiger partial charge in [-0.1, -0.05) is 19.1 Å². The van der Waals surface area contributed by atoms with E-state index in [-0.39, 0.29) is 42.7 Å². The molecule has 1 aromatic rings. The Morgan fingerprint density at radius 2 is 1.77 bits per heavy atom. The first-order valence-electron chi connectivity index (χ1n) is 8.92. The standard InChI is InChI=1S/C19H25N3O3.ClH/c1-13-8-9-21(16(10-13)11-20)19(25)15-4-2-14(3-5-15)12-22-17(23)6-7-18(22)24;/h2-5,13,16H,6-12,20H2,1H3;1H. The van der Waals surface area contributed by atoms with Crippen LogP contribution in [-0.2, 0) is 16.1 Å². The van der Waals surface area contributed by atoms with E-state index < -0.39 is 0 Å². The van der Waals surface area contributed by atoms with Gasteiger partial charge in [-0.3, -0.25) is 19.3 Å². The molecule has 2 atom stereocenters. The minimum atomic E-state index is -0.127. The average molecular weight is 380 g/mol. The van der Waals surface area contributed by atoms with Gasteiger partial charge in [-0.25, -0.2) is 0 Å². The number of nitrogens with two attached hydrogens (primary N) is 1. The summed E-state index contributed by atoms with van der Waals surface area (Å²) < 4.78 is 0. The van der Waals surface area contributed by atoms with Crippen molar-refractivity contribution >= 4 is 30.1 Å². The molecule has 2 aliphatic heterocycles. The van der Waals surface area contributed by atoms with Crippen LogP contribution < -0.4 is 5.73 Å². The van der Waals surface area contributed by atoms with Gasteiger partial charge in [0.25, 0.3) is 5.91 Å². The van der Waals surface area contributed by atoms with Crippen LogP contribution in [0.15, 0.2) is 24.3 Å². The average Bonchev–Trinajstić information content (AvgIpc) is 2.93. The van der Waals surface area contributed by atoms with E-state index in [0.717, 1.165) is 24.9 Å². The van der Waals surface area contributed by atoms with Crippen LogP contribution in [-0.4, -0.2) is 46.7 Å². The molecule has 2 heterocycles. The van der Waals surface area contributed by atoms with E-state index in [2.05, 4.69) is 6.92 Å². The molecule has 2 unspecified atom stereocenters. The second-order valence-corrected chi connectivity index (χ2v) is 7.09. The largest absolute Gasteiger partial charge is 0.334 e. The zero-order valence-electron chi connectivity index (χ0n) is 15.0. The fourth-order valence-corrected chi connectivity index (χ4v) is 3.64. The minimum Gasteiger partial charge on any atom is -0.334 e. The number of imide groups is 1. The Morgan fingerprint density at radius 1 is 1.15 bits per heavy atom. The number of hydrogen-bond acceptors (Lipinski definition) is 4. The molecular formula is C19H26ClN3O3. The molecule has 0 bridgehead atoms. The molecule has 2 aliphatic rings. The molecule has 0 aromatic heterocycles. The molecule has 142 valence electrons. The van der Waals surface area contributed by atoms with Gasteiger partial charge >= 0.3 is 0 Å². The lowest BCUT2D eigenvalue weighted by molar-refractivity contribution is -0.139. The topological polar surface area (TPSA) is 83.7 Å². The van der Waals surface area contributed by atoms with E-state index in [0.29, 0.717) is 30.9 Å². The molecule has 1 aromatic carbocycles. The maximum atomic E-state index is 12.8. The van der Waals surface area contributed by atoms with Crippen LogP contribution in [0.3, 0.4) is 0 Å². The Kier molecular flexibility index (Phi) is 6.78. The van der Waals surface area contributed by atoms with E-state index >= 15 is 0 Å². The van der Waals surface area contributed by atoms with Crippen LogP contribution in [0.1, 0.15) is 48.5 Å². The van der Waals surface area contributed by atoms with Gasteiger partial charge in [-0.05, 0) is 36.5 Å². The zero-order chi connectivity index (χ0) is 18.0. The van der Waals surface area contributed by atoms with Gasteiger partial charge in [-0.2, -0.15) is 0 Å². The van der Waals surface area contributed by atoms with Crippen molar-refractivity contribution < 1.29 is 14.4 Å². The van der Waals surface area contributed by atoms with Gasteiger partial charge in [0.2, 0.25) is 11.8 Å². The quantitative estimate of drug-likeness (QED) is 0.810. The molecule has 0 radical (unpaired) electrons. The summed E-state index contributed by atoms with van der Waals surface area (Å²) in [6, 6.07) is 7.27. The van der Waals surface area contributed by atoms with Gasteiger partial charge in [0.15, 0.2) is 0 Å². The maximum Gasteiger partial charge on any atom is 0.254 e. The molecule has 0 spiro atoms. The second kappa shape index (κ2) is 8.64. The molecule has 3 amide bonds. The lowest BCUT2D eigenvalue weighted by Gasteiger charge is -2.38. The molecule has 2 fully saturated rings. The summed E-state index contributed by atoms with van der Waals surface area (Å²) in [5.74, 6) is 0.342. The normalized spacial score (nSPS) is 23.2. The van der Waals surface area contributed by atoms with E-state index in [4.69, 9.17) is 5.73 Å². The number of nitrogens with zero attached hydrogens (tertiary/aromatic N) is 2. The fraction of sp³-hybridized carbons (Fsp3) is 0.526. The van der Waals surface area contributed by atoms with Gasteiger partial charge in [0.05, 0.1) is 6.54 Å². The Bertz CT molecular complexity index is 661. The number of likely N-dealkylation sites (tertiary alicyclic amines) is 2. The first-order chi connectivity index (χ1) is 12.0. The lowest BCUT2D eigenvalue weighted by atomic mass is 9.92. The summed E-state index contributed by atoms with van der Waals surface area (Å²) in [4.78, 5) is 39.3. The molecule has 2 saturated heterocycles. The molecule has 0 aliphatic carbocycles. The van der Waals surface area contributed by atoms with Crippen molar-refractivity contribution in [1.29, 1.82) is 0 Å². The summed E-state index contributed by atoms with van der Waals surface area (Å²) in [6.07, 6.45) is 2.53. The highest BCUT2D eigenvalue weighted by molar-refractivity contribution is 6.01. The minimum absolute atomic E-state index is 0. The summed E-state index contributed by atoms with van der Waals surface area (Å²) in [5.41, 5.74) is 7.32. The Balaban J connectivity index is 0.00000243. The molecular weight excluding hydrogens is 354 g/mol. The van der Waals surface area contributed by atoms with Gasteiger partial charge in [0.1, 0.15) is 0 Å². The highest BCUT2D eigenvalue weighted by atomic mass is 35.5. The van der Waals surface area contributed by atoms with Crippen LogP contribution in [0, 0.1) is 5.92 Å². The number of hydrogen-bond donors (Lipinski definition) is 1. The predicted molar refractivity (Wildman–Crippen MR) is 101 cm³/mol. The van der Waals surface area contributed by atoms with Gasteiger partial charge < -0.3 is 10.6 Å². The number of carbonyl (C=O) groups excluding carboxylic acids is 3. The van der Waals surface area contributed by atoms with E-state index in [9.17, 15) is 14.4 Å². The monoisotopic (exact) mass is 379 g/mol. The SMILES string of the molecule is CC1CCN(C(=O)c2ccc(CN3C(=O)CCC3=O)cc2)C(CN)C1.Cl. The highest BCUT2D eigenvalue weighted by Gasteiger charge is 2.30. The third kappa shape index (κ3) is 4.24. The van der Waals surface area contributed by atoms with Crippen LogP contribution in [0.25, 0.3) is 0 Å². The smallest absolute Gasteiger partial charge is 0.254 e. The number of rotatable bonds is 4. The fourth-order valence-electron chi connectivity index (χ4n) is 3.64. The number of carbonyl (C=O) groups is 3. The van der Waals surface area contributed by atoms with Crippen LogP contribution in [0.5, 0.6) is 0 Å². The van der Waals surface area contributed by atoms with Gasteiger partial charge in [-0.15, -0.1) is 12.4 Å². The summed E-state index contributed by atoms with van der Waals surface area (Å²) >= 11 is 0. The summed E-state index contributed by atoms with van der Waals surface area (Å²) in [7, 11) is 0. The molecule has 26 heavy (non-hydrogen) atoms. The van der Waals surface area contributed by atoms with E-state index in [1.54, 1.807) is 12.1 Å². The predicted octanol–water partition coefficient (Wildman–Crippen LogP) is 1.96. The molecule has 2 N–H and O–H groups in total. The van der Waals surface area contributed by atoms with E-state index in [1.165, 1.54) is 4.90 Å². The van der Waals surface area contributed by atoms with Gasteiger partial charge in [0, 0.05) is 37.5 Å². The molecule has 3 rings (SSSR count). The first-order valence-corrected chi connectivity index (χ1v) is 8.92. The third-order valence-corrected chi connectivity index (χ3v) is 5.21. The molecule has 0 saturated carbocycles. The lowest BCUT2D eigenvalue weighted by Crippen LogP contribution is -2.49. The van der Waals surface area contributed by atoms with Crippen molar-refractivity contribution in [2.45, 2.75) is 45.2 Å². The van der Waals surface area contributed by atoms with Crippen LogP contribution in [0.4, 0.5) is 0 Å². The summed E-state index contributed by atoms with van der Waals surface area (Å²) in [5, 5.41) is 0. The Hall–Kier alpha value is -1.92. The van der Waals surface area contributed by atoms with Crippen molar-refractivity contribution in [1.82, 2.24) is 9.80 Å². The number of halogens is 1. The first kappa shape index (κ1) is 20.4. The number of amides is 3. The second-order valence-electron chi connectivity index (χ2n) is 7.09. The van der Waals surface area contributed by atoms with Crippen molar-refractivity contribution in [3.05, 3.63) is 35.4 Å². The van der Waals surface area contributed by atoms with Crippen molar-refractivity contribution in [3.63, 3.8) is 0 Å². The van der Waals surface area contributed by atoms with Crippen molar-refractivity contribution in [2.75, 3.05) is 13.1 Å². The summed E-state index contributed by atoms with van der Waals surface area (Å²) in [6.45, 7) is 3.69. The highest BCUT2D eigenvalue weighted by Crippen LogP contribution is 2.24. The number of piperidine rings is 1.